The topological polar surface area (TPSA) is 57.8 Å². The zero-order valence-electron chi connectivity index (χ0n) is 13.3. The lowest BCUT2D eigenvalue weighted by atomic mass is 9.84. The largest absolute Gasteiger partial charge is 0.355 e. The predicted octanol–water partition coefficient (Wildman–Crippen LogP) is 2.97. The summed E-state index contributed by atoms with van der Waals surface area (Å²) in [7, 11) is 0. The molecule has 120 valence electrons. The van der Waals surface area contributed by atoms with Crippen molar-refractivity contribution in [2.24, 2.45) is 5.41 Å². The van der Waals surface area contributed by atoms with E-state index in [0.29, 0.717) is 6.54 Å². The molecule has 0 radical (unpaired) electrons. The molecule has 0 saturated heterocycles. The van der Waals surface area contributed by atoms with Gasteiger partial charge in [0.05, 0.1) is 5.41 Å². The molecule has 2 aromatic rings. The first kappa shape index (κ1) is 14.5. The van der Waals surface area contributed by atoms with Crippen LogP contribution < -0.4 is 5.32 Å². The van der Waals surface area contributed by atoms with Gasteiger partial charge in [-0.1, -0.05) is 43.2 Å². The van der Waals surface area contributed by atoms with Gasteiger partial charge in [-0.25, -0.2) is 0 Å². The summed E-state index contributed by atoms with van der Waals surface area (Å²) in [4.78, 5) is 13.1. The molecule has 1 unspecified atom stereocenters. The van der Waals surface area contributed by atoms with E-state index < -0.39 is 0 Å². The number of rotatable bonds is 5. The highest BCUT2D eigenvalue weighted by atomic mass is 16.2. The Bertz CT molecular complexity index is 674. The van der Waals surface area contributed by atoms with Crippen LogP contribution in [0.15, 0.2) is 42.6 Å². The summed E-state index contributed by atoms with van der Waals surface area (Å²) < 4.78 is 0. The third-order valence-corrected chi connectivity index (χ3v) is 5.84. The highest BCUT2D eigenvalue weighted by molar-refractivity contribution is 5.93. The smallest absolute Gasteiger partial charge is 0.231 e. The maximum absolute atomic E-state index is 13.1. The van der Waals surface area contributed by atoms with Crippen molar-refractivity contribution in [3.8, 4) is 0 Å². The van der Waals surface area contributed by atoms with Crippen molar-refractivity contribution in [3.05, 3.63) is 53.9 Å². The summed E-state index contributed by atoms with van der Waals surface area (Å²) >= 11 is 0. The Kier molecular flexibility index (Phi) is 3.47. The predicted molar refractivity (Wildman–Crippen MR) is 88.9 cm³/mol. The van der Waals surface area contributed by atoms with Crippen molar-refractivity contribution >= 4 is 5.91 Å². The molecule has 1 aromatic heterocycles. The number of hydrogen-bond acceptors (Lipinski definition) is 2. The number of nitrogens with one attached hydrogen (secondary N) is 2. The van der Waals surface area contributed by atoms with E-state index in [2.05, 4.69) is 39.8 Å². The van der Waals surface area contributed by atoms with Crippen LogP contribution in [0.25, 0.3) is 0 Å². The summed E-state index contributed by atoms with van der Waals surface area (Å²) in [5.74, 6) is 0.213. The molecule has 1 spiro atoms. The van der Waals surface area contributed by atoms with Gasteiger partial charge in [0, 0.05) is 24.9 Å². The van der Waals surface area contributed by atoms with Gasteiger partial charge in [0.25, 0.3) is 0 Å². The van der Waals surface area contributed by atoms with Crippen LogP contribution >= 0.6 is 0 Å². The minimum absolute atomic E-state index is 0.213. The van der Waals surface area contributed by atoms with E-state index >= 15 is 0 Å². The average Bonchev–Trinajstić information content (AvgIpc) is 2.93. The molecule has 0 aliphatic heterocycles. The molecule has 1 amide bonds. The minimum Gasteiger partial charge on any atom is -0.355 e. The Labute approximate surface area is 136 Å². The monoisotopic (exact) mass is 309 g/mol. The average molecular weight is 309 g/mol. The first-order valence-corrected chi connectivity index (χ1v) is 8.59. The van der Waals surface area contributed by atoms with Gasteiger partial charge in [-0.2, -0.15) is 5.10 Å². The van der Waals surface area contributed by atoms with Crippen molar-refractivity contribution < 1.29 is 4.79 Å². The third-order valence-electron chi connectivity index (χ3n) is 5.84. The Morgan fingerprint density at radius 2 is 1.96 bits per heavy atom. The lowest BCUT2D eigenvalue weighted by Gasteiger charge is -2.22. The first-order chi connectivity index (χ1) is 11.3. The number of aromatic nitrogens is 2. The van der Waals surface area contributed by atoms with Crippen LogP contribution in [0.3, 0.4) is 0 Å². The van der Waals surface area contributed by atoms with Crippen LogP contribution in [0, 0.1) is 5.41 Å². The van der Waals surface area contributed by atoms with Crippen LogP contribution in [-0.2, 0) is 16.6 Å². The van der Waals surface area contributed by atoms with E-state index in [1.54, 1.807) is 6.20 Å². The summed E-state index contributed by atoms with van der Waals surface area (Å²) in [6.07, 6.45) is 8.46. The molecule has 1 heterocycles. The molecule has 4 heteroatoms. The fraction of sp³-hybridized carbons (Fsp3) is 0.474. The number of aromatic amines is 1. The van der Waals surface area contributed by atoms with Crippen molar-refractivity contribution in [2.45, 2.75) is 43.9 Å². The molecule has 1 atom stereocenters. The molecule has 2 N–H and O–H groups in total. The van der Waals surface area contributed by atoms with Crippen molar-refractivity contribution in [3.63, 3.8) is 0 Å². The van der Waals surface area contributed by atoms with E-state index in [9.17, 15) is 4.79 Å². The van der Waals surface area contributed by atoms with Gasteiger partial charge in [-0.05, 0) is 36.3 Å². The molecule has 23 heavy (non-hydrogen) atoms. The van der Waals surface area contributed by atoms with E-state index in [0.717, 1.165) is 18.5 Å². The highest BCUT2D eigenvalue weighted by Crippen LogP contribution is 2.72. The van der Waals surface area contributed by atoms with Crippen molar-refractivity contribution in [1.82, 2.24) is 15.5 Å². The second kappa shape index (κ2) is 5.52. The van der Waals surface area contributed by atoms with E-state index in [-0.39, 0.29) is 16.7 Å². The fourth-order valence-corrected chi connectivity index (χ4v) is 4.59. The number of benzene rings is 1. The Hall–Kier alpha value is -2.10. The highest BCUT2D eigenvalue weighted by Gasteiger charge is 2.72. The Balaban J connectivity index is 1.51. The van der Waals surface area contributed by atoms with Gasteiger partial charge >= 0.3 is 0 Å². The number of hydrogen-bond donors (Lipinski definition) is 2. The Morgan fingerprint density at radius 3 is 2.65 bits per heavy atom. The summed E-state index contributed by atoms with van der Waals surface area (Å²) in [5.41, 5.74) is 2.18. The van der Waals surface area contributed by atoms with E-state index in [1.807, 2.05) is 12.1 Å². The van der Waals surface area contributed by atoms with Gasteiger partial charge in [0.15, 0.2) is 0 Å². The van der Waals surface area contributed by atoms with Gasteiger partial charge in [-0.3, -0.25) is 9.89 Å². The summed E-state index contributed by atoms with van der Waals surface area (Å²) in [5, 5.41) is 10.1. The molecule has 2 aliphatic rings. The number of H-pyrrole nitrogens is 1. The molecule has 4 nitrogen and oxygen atoms in total. The summed E-state index contributed by atoms with van der Waals surface area (Å²) in [6.45, 7) is 0.658. The molecule has 2 saturated carbocycles. The van der Waals surface area contributed by atoms with Gasteiger partial charge in [-0.15, -0.1) is 0 Å². The molecule has 2 fully saturated rings. The Morgan fingerprint density at radius 1 is 1.17 bits per heavy atom. The maximum Gasteiger partial charge on any atom is 0.231 e. The van der Waals surface area contributed by atoms with Crippen LogP contribution in [0.4, 0.5) is 0 Å². The lowest BCUT2D eigenvalue weighted by Crippen LogP contribution is -2.39. The molecule has 4 rings (SSSR count). The van der Waals surface area contributed by atoms with Crippen LogP contribution in [0.2, 0.25) is 0 Å². The van der Waals surface area contributed by atoms with E-state index in [1.165, 1.54) is 31.2 Å². The molecule has 0 bridgehead atoms. The third kappa shape index (κ3) is 2.28. The van der Waals surface area contributed by atoms with Crippen LogP contribution in [-0.4, -0.2) is 22.6 Å². The second-order valence-corrected chi connectivity index (χ2v) is 7.02. The SMILES string of the molecule is O=C(NCCc1ccn[nH]1)C1(c2ccccc2)CC12CCCC2. The quantitative estimate of drug-likeness (QED) is 0.892. The molecule has 1 aromatic carbocycles. The van der Waals surface area contributed by atoms with Crippen molar-refractivity contribution in [1.29, 1.82) is 0 Å². The van der Waals surface area contributed by atoms with Crippen LogP contribution in [0.5, 0.6) is 0 Å². The minimum atomic E-state index is -0.293. The standard InChI is InChI=1S/C19H23N3O/c23-17(20-12-8-16-9-13-21-22-16)19(15-6-2-1-3-7-15)14-18(19)10-4-5-11-18/h1-3,6-7,9,13H,4-5,8,10-12,14H2,(H,20,23)(H,21,22). The normalized spacial score (nSPS) is 24.7. The van der Waals surface area contributed by atoms with Gasteiger partial charge in [0.1, 0.15) is 0 Å². The van der Waals surface area contributed by atoms with Crippen molar-refractivity contribution in [2.75, 3.05) is 6.54 Å². The first-order valence-electron chi connectivity index (χ1n) is 8.59. The number of carbonyl (C=O) groups excluding carboxylic acids is 1. The van der Waals surface area contributed by atoms with E-state index in [4.69, 9.17) is 0 Å². The maximum atomic E-state index is 13.1. The number of nitrogens with zero attached hydrogens (tertiary/aromatic N) is 1. The second-order valence-electron chi connectivity index (χ2n) is 7.02. The lowest BCUT2D eigenvalue weighted by molar-refractivity contribution is -0.124. The fourth-order valence-electron chi connectivity index (χ4n) is 4.59. The van der Waals surface area contributed by atoms with Gasteiger partial charge in [0.2, 0.25) is 5.91 Å². The van der Waals surface area contributed by atoms with Gasteiger partial charge < -0.3 is 5.32 Å². The van der Waals surface area contributed by atoms with Crippen LogP contribution in [0.1, 0.15) is 43.4 Å². The molecule has 2 aliphatic carbocycles. The number of amides is 1. The number of carbonyl (C=O) groups is 1. The molecular weight excluding hydrogens is 286 g/mol. The zero-order valence-corrected chi connectivity index (χ0v) is 13.3. The summed E-state index contributed by atoms with van der Waals surface area (Å²) in [6, 6.07) is 12.3. The molecular formula is C19H23N3O. The zero-order chi connectivity index (χ0) is 15.8.